The van der Waals surface area contributed by atoms with E-state index in [1.165, 1.54) is 11.1 Å². The Morgan fingerprint density at radius 3 is 2.50 bits per heavy atom. The van der Waals surface area contributed by atoms with Gasteiger partial charge in [0.25, 0.3) is 0 Å². The van der Waals surface area contributed by atoms with Crippen LogP contribution in [0.2, 0.25) is 0 Å². The van der Waals surface area contributed by atoms with Gasteiger partial charge in [-0.05, 0) is 56.6 Å². The summed E-state index contributed by atoms with van der Waals surface area (Å²) in [5.74, 6) is 2.75. The van der Waals surface area contributed by atoms with Crippen molar-refractivity contribution in [3.8, 4) is 5.75 Å². The van der Waals surface area contributed by atoms with Gasteiger partial charge in [0.1, 0.15) is 17.3 Å². The fourth-order valence-corrected chi connectivity index (χ4v) is 2.64. The van der Waals surface area contributed by atoms with E-state index >= 15 is 0 Å². The van der Waals surface area contributed by atoms with E-state index in [0.29, 0.717) is 0 Å². The summed E-state index contributed by atoms with van der Waals surface area (Å²) in [5.41, 5.74) is 3.56. The van der Waals surface area contributed by atoms with Crippen molar-refractivity contribution < 1.29 is 9.15 Å². The first kappa shape index (κ1) is 14.7. The van der Waals surface area contributed by atoms with E-state index in [1.807, 2.05) is 19.1 Å². The van der Waals surface area contributed by atoms with Crippen LogP contribution in [0.3, 0.4) is 0 Å². The van der Waals surface area contributed by atoms with Crippen LogP contribution in [0.15, 0.2) is 28.7 Å². The predicted molar refractivity (Wildman–Crippen MR) is 81.4 cm³/mol. The first-order valence-electron chi connectivity index (χ1n) is 7.01. The number of furan rings is 1. The van der Waals surface area contributed by atoms with Crippen LogP contribution in [0.4, 0.5) is 0 Å². The standard InChI is InChI=1S/C17H23NO2/c1-6-18-17(14-8-7-13(4)20-14)16-12(3)9-11(2)10-15(16)19-5/h7-10,17-18H,6H2,1-5H3. The number of ether oxygens (including phenoxy) is 1. The average Bonchev–Trinajstić information content (AvgIpc) is 2.82. The molecule has 1 unspecified atom stereocenters. The van der Waals surface area contributed by atoms with Crippen molar-refractivity contribution >= 4 is 0 Å². The van der Waals surface area contributed by atoms with Crippen molar-refractivity contribution in [1.82, 2.24) is 5.32 Å². The lowest BCUT2D eigenvalue weighted by atomic mass is 9.96. The van der Waals surface area contributed by atoms with Crippen LogP contribution in [0.5, 0.6) is 5.75 Å². The Bertz CT molecular complexity index is 587. The molecule has 1 aromatic carbocycles. The maximum atomic E-state index is 5.82. The lowest BCUT2D eigenvalue weighted by Crippen LogP contribution is -2.23. The van der Waals surface area contributed by atoms with Crippen LogP contribution >= 0.6 is 0 Å². The first-order chi connectivity index (χ1) is 9.56. The third-order valence-electron chi connectivity index (χ3n) is 3.46. The summed E-state index contributed by atoms with van der Waals surface area (Å²) in [4.78, 5) is 0. The highest BCUT2D eigenvalue weighted by Crippen LogP contribution is 2.34. The topological polar surface area (TPSA) is 34.4 Å². The van der Waals surface area contributed by atoms with Crippen molar-refractivity contribution in [3.05, 3.63) is 52.5 Å². The van der Waals surface area contributed by atoms with Gasteiger partial charge in [0, 0.05) is 5.56 Å². The summed E-state index contributed by atoms with van der Waals surface area (Å²) in [6.45, 7) is 9.12. The molecular weight excluding hydrogens is 250 g/mol. The molecule has 3 nitrogen and oxygen atoms in total. The quantitative estimate of drug-likeness (QED) is 0.896. The molecule has 0 spiro atoms. The summed E-state index contributed by atoms with van der Waals surface area (Å²) in [6.07, 6.45) is 0. The van der Waals surface area contributed by atoms with Gasteiger partial charge in [-0.1, -0.05) is 13.0 Å². The minimum atomic E-state index is 0.0178. The van der Waals surface area contributed by atoms with E-state index < -0.39 is 0 Å². The Kier molecular flexibility index (Phi) is 4.50. The number of hydrogen-bond acceptors (Lipinski definition) is 3. The van der Waals surface area contributed by atoms with Gasteiger partial charge in [-0.25, -0.2) is 0 Å². The maximum Gasteiger partial charge on any atom is 0.125 e. The minimum Gasteiger partial charge on any atom is -0.496 e. The number of hydrogen-bond donors (Lipinski definition) is 1. The number of aryl methyl sites for hydroxylation is 3. The first-order valence-corrected chi connectivity index (χ1v) is 7.01. The molecule has 0 bridgehead atoms. The zero-order valence-corrected chi connectivity index (χ0v) is 12.9. The van der Waals surface area contributed by atoms with Crippen LogP contribution in [-0.4, -0.2) is 13.7 Å². The van der Waals surface area contributed by atoms with Gasteiger partial charge < -0.3 is 14.5 Å². The Labute approximate surface area is 121 Å². The number of benzene rings is 1. The highest BCUT2D eigenvalue weighted by Gasteiger charge is 2.22. The lowest BCUT2D eigenvalue weighted by Gasteiger charge is -2.21. The highest BCUT2D eigenvalue weighted by atomic mass is 16.5. The van der Waals surface area contributed by atoms with E-state index in [4.69, 9.17) is 9.15 Å². The lowest BCUT2D eigenvalue weighted by molar-refractivity contribution is 0.389. The van der Waals surface area contributed by atoms with Gasteiger partial charge in [0.15, 0.2) is 0 Å². The van der Waals surface area contributed by atoms with Gasteiger partial charge in [-0.15, -0.1) is 0 Å². The molecule has 1 N–H and O–H groups in total. The molecule has 0 aliphatic rings. The molecule has 1 heterocycles. The fraction of sp³-hybridized carbons (Fsp3) is 0.412. The number of rotatable bonds is 5. The molecule has 0 saturated carbocycles. The second-order valence-electron chi connectivity index (χ2n) is 5.14. The van der Waals surface area contributed by atoms with Gasteiger partial charge >= 0.3 is 0 Å². The number of methoxy groups -OCH3 is 1. The van der Waals surface area contributed by atoms with Crippen molar-refractivity contribution in [2.24, 2.45) is 0 Å². The van der Waals surface area contributed by atoms with Gasteiger partial charge in [0.05, 0.1) is 13.2 Å². The molecule has 20 heavy (non-hydrogen) atoms. The normalized spacial score (nSPS) is 12.4. The molecular formula is C17H23NO2. The van der Waals surface area contributed by atoms with Crippen LogP contribution in [-0.2, 0) is 0 Å². The van der Waals surface area contributed by atoms with Crippen molar-refractivity contribution in [1.29, 1.82) is 0 Å². The van der Waals surface area contributed by atoms with E-state index in [0.717, 1.165) is 29.4 Å². The van der Waals surface area contributed by atoms with Crippen molar-refractivity contribution in [3.63, 3.8) is 0 Å². The third-order valence-corrected chi connectivity index (χ3v) is 3.46. The highest BCUT2D eigenvalue weighted by molar-refractivity contribution is 5.47. The molecule has 1 aromatic heterocycles. The molecule has 2 rings (SSSR count). The predicted octanol–water partition coefficient (Wildman–Crippen LogP) is 3.91. The fourth-order valence-electron chi connectivity index (χ4n) is 2.64. The van der Waals surface area contributed by atoms with E-state index in [2.05, 4.69) is 38.2 Å². The Hall–Kier alpha value is -1.74. The summed E-state index contributed by atoms with van der Waals surface area (Å²) < 4.78 is 11.4. The van der Waals surface area contributed by atoms with E-state index in [1.54, 1.807) is 7.11 Å². The van der Waals surface area contributed by atoms with Crippen LogP contribution in [0.25, 0.3) is 0 Å². The van der Waals surface area contributed by atoms with Gasteiger partial charge in [0.2, 0.25) is 0 Å². The summed E-state index contributed by atoms with van der Waals surface area (Å²) in [7, 11) is 1.72. The van der Waals surface area contributed by atoms with Crippen LogP contribution < -0.4 is 10.1 Å². The van der Waals surface area contributed by atoms with Crippen molar-refractivity contribution in [2.75, 3.05) is 13.7 Å². The zero-order valence-electron chi connectivity index (χ0n) is 12.9. The van der Waals surface area contributed by atoms with Gasteiger partial charge in [-0.2, -0.15) is 0 Å². The molecule has 0 fully saturated rings. The second kappa shape index (κ2) is 6.14. The summed E-state index contributed by atoms with van der Waals surface area (Å²) in [6, 6.07) is 8.29. The van der Waals surface area contributed by atoms with Gasteiger partial charge in [-0.3, -0.25) is 0 Å². The third kappa shape index (κ3) is 2.88. The molecule has 1 atom stereocenters. The van der Waals surface area contributed by atoms with Crippen LogP contribution in [0, 0.1) is 20.8 Å². The summed E-state index contributed by atoms with van der Waals surface area (Å²) in [5, 5.41) is 3.49. The molecule has 0 saturated heterocycles. The SMILES string of the molecule is CCNC(c1ccc(C)o1)c1c(C)cc(C)cc1OC. The molecule has 108 valence electrons. The average molecular weight is 273 g/mol. The molecule has 0 amide bonds. The molecule has 2 aromatic rings. The Morgan fingerprint density at radius 2 is 1.95 bits per heavy atom. The molecule has 0 radical (unpaired) electrons. The maximum absolute atomic E-state index is 5.82. The minimum absolute atomic E-state index is 0.0178. The Balaban J connectivity index is 2.54. The van der Waals surface area contributed by atoms with Crippen LogP contribution in [0.1, 0.15) is 41.2 Å². The zero-order chi connectivity index (χ0) is 14.7. The largest absolute Gasteiger partial charge is 0.496 e. The monoisotopic (exact) mass is 273 g/mol. The van der Waals surface area contributed by atoms with Crippen molar-refractivity contribution in [2.45, 2.75) is 33.7 Å². The molecule has 3 heteroatoms. The molecule has 0 aliphatic heterocycles. The summed E-state index contributed by atoms with van der Waals surface area (Å²) >= 11 is 0. The second-order valence-corrected chi connectivity index (χ2v) is 5.14. The number of nitrogens with one attached hydrogen (secondary N) is 1. The smallest absolute Gasteiger partial charge is 0.125 e. The molecule has 0 aliphatic carbocycles. The Morgan fingerprint density at radius 1 is 1.20 bits per heavy atom. The van der Waals surface area contributed by atoms with E-state index in [-0.39, 0.29) is 6.04 Å². The van der Waals surface area contributed by atoms with E-state index in [9.17, 15) is 0 Å².